The number of hydrogen-bond acceptors (Lipinski definition) is 4. The Morgan fingerprint density at radius 2 is 2.35 bits per heavy atom. The van der Waals surface area contributed by atoms with Crippen molar-refractivity contribution in [1.29, 1.82) is 0 Å². The molecule has 2 aliphatic rings. The summed E-state index contributed by atoms with van der Waals surface area (Å²) in [4.78, 5) is 28.6. The molecule has 1 heterocycles. The van der Waals surface area contributed by atoms with Crippen LogP contribution in [0.4, 0.5) is 0 Å². The van der Waals surface area contributed by atoms with E-state index in [-0.39, 0.29) is 30.0 Å². The lowest BCUT2D eigenvalue weighted by Crippen LogP contribution is -2.37. The van der Waals surface area contributed by atoms with Crippen molar-refractivity contribution >= 4 is 0 Å². The molecule has 0 amide bonds. The molecule has 0 aromatic carbocycles. The lowest BCUT2D eigenvalue weighted by atomic mass is 10.0. The van der Waals surface area contributed by atoms with E-state index in [2.05, 4.69) is 15.0 Å². The summed E-state index contributed by atoms with van der Waals surface area (Å²) < 4.78 is 1.55. The van der Waals surface area contributed by atoms with E-state index in [4.69, 9.17) is 5.53 Å². The van der Waals surface area contributed by atoms with Crippen LogP contribution in [0.2, 0.25) is 0 Å². The van der Waals surface area contributed by atoms with Gasteiger partial charge in [-0.25, -0.2) is 4.79 Å². The molecule has 0 bridgehead atoms. The van der Waals surface area contributed by atoms with E-state index in [1.54, 1.807) is 17.7 Å². The Hall–Kier alpha value is -2.05. The van der Waals surface area contributed by atoms with Gasteiger partial charge < -0.3 is 5.11 Å². The topological polar surface area (TPSA) is 124 Å². The predicted octanol–water partition coefficient (Wildman–Crippen LogP) is 0.251. The molecule has 0 aliphatic heterocycles. The van der Waals surface area contributed by atoms with Crippen LogP contribution in [0.1, 0.15) is 18.4 Å². The lowest BCUT2D eigenvalue weighted by molar-refractivity contribution is 0.201. The summed E-state index contributed by atoms with van der Waals surface area (Å²) in [6.45, 7) is 1.58. The summed E-state index contributed by atoms with van der Waals surface area (Å²) in [6, 6.07) is -0.303. The van der Waals surface area contributed by atoms with Crippen molar-refractivity contribution in [3.05, 3.63) is 43.0 Å². The third-order valence-corrected chi connectivity index (χ3v) is 4.69. The summed E-state index contributed by atoms with van der Waals surface area (Å²) in [5.74, 6) is -0.00367. The maximum absolute atomic E-state index is 12.0. The van der Waals surface area contributed by atoms with E-state index >= 15 is 0 Å². The Morgan fingerprint density at radius 3 is 3.00 bits per heavy atom. The normalized spacial score (nSPS) is 34.4. The number of aliphatic hydroxyl groups is 1. The smallest absolute Gasteiger partial charge is 0.328 e. The van der Waals surface area contributed by atoms with Gasteiger partial charge in [0.25, 0.3) is 5.56 Å². The Kier molecular flexibility index (Phi) is 2.74. The highest BCUT2D eigenvalue weighted by molar-refractivity contribution is 5.21. The molecule has 8 heteroatoms. The zero-order valence-electron chi connectivity index (χ0n) is 11.0. The molecule has 1 aromatic rings. The van der Waals surface area contributed by atoms with Gasteiger partial charge in [0.05, 0.1) is 5.54 Å². The Balaban J connectivity index is 2.05. The van der Waals surface area contributed by atoms with Crippen molar-refractivity contribution in [2.24, 2.45) is 17.0 Å². The maximum Gasteiger partial charge on any atom is 0.328 e. The molecular formula is C12H15N5O3. The third-order valence-electron chi connectivity index (χ3n) is 4.69. The third kappa shape index (κ3) is 1.62. The molecule has 2 N–H and O–H groups in total. The van der Waals surface area contributed by atoms with Crippen molar-refractivity contribution in [3.8, 4) is 0 Å². The molecule has 2 aliphatic carbocycles. The van der Waals surface area contributed by atoms with Crippen LogP contribution in [0.15, 0.2) is 20.9 Å². The molecule has 1 aromatic heterocycles. The number of aromatic amines is 1. The van der Waals surface area contributed by atoms with Gasteiger partial charge in [-0.05, 0) is 37.1 Å². The number of fused-ring (bicyclic) bond motifs is 1. The number of aryl methyl sites for hydroxylation is 1. The van der Waals surface area contributed by atoms with Crippen LogP contribution in [0.25, 0.3) is 10.4 Å². The van der Waals surface area contributed by atoms with E-state index in [1.165, 1.54) is 0 Å². The number of aliphatic hydroxyl groups excluding tert-OH is 1. The standard InChI is InChI=1S/C12H15N5O3/c1-6-4-17(11(20)14-10(6)19)12-2-8(12)7(5-18)9(3-12)15-16-13/h4,7-9,18H,2-3,5H2,1H3,(H,14,19,20)/t7-,8?,9-,12-/m0/s1. The van der Waals surface area contributed by atoms with Crippen LogP contribution in [0, 0.1) is 18.8 Å². The Labute approximate surface area is 113 Å². The van der Waals surface area contributed by atoms with Gasteiger partial charge >= 0.3 is 5.69 Å². The van der Waals surface area contributed by atoms with Gasteiger partial charge in [0.15, 0.2) is 0 Å². The molecule has 8 nitrogen and oxygen atoms in total. The largest absolute Gasteiger partial charge is 0.396 e. The molecule has 1 unspecified atom stereocenters. The second-order valence-electron chi connectivity index (χ2n) is 5.68. The van der Waals surface area contributed by atoms with Crippen molar-refractivity contribution in [1.82, 2.24) is 9.55 Å². The van der Waals surface area contributed by atoms with Crippen LogP contribution in [0.5, 0.6) is 0 Å². The fourth-order valence-electron chi connectivity index (χ4n) is 3.60. The fourth-order valence-corrected chi connectivity index (χ4v) is 3.60. The number of azide groups is 1. The van der Waals surface area contributed by atoms with E-state index in [1.807, 2.05) is 0 Å². The van der Waals surface area contributed by atoms with Crippen LogP contribution in [-0.2, 0) is 5.54 Å². The van der Waals surface area contributed by atoms with Crippen LogP contribution >= 0.6 is 0 Å². The SMILES string of the molecule is Cc1cn([C@]23CC2[C@H](CO)[C@@H](N=[N+]=[N-])C3)c(=O)[nH]c1=O. The number of nitrogens with zero attached hydrogens (tertiary/aromatic N) is 4. The summed E-state index contributed by atoms with van der Waals surface area (Å²) >= 11 is 0. The van der Waals surface area contributed by atoms with Gasteiger partial charge in [0.2, 0.25) is 0 Å². The van der Waals surface area contributed by atoms with E-state index in [0.29, 0.717) is 12.0 Å². The first-order valence-electron chi connectivity index (χ1n) is 6.51. The van der Waals surface area contributed by atoms with Crippen molar-refractivity contribution in [3.63, 3.8) is 0 Å². The molecule has 2 fully saturated rings. The fraction of sp³-hybridized carbons (Fsp3) is 0.667. The predicted molar refractivity (Wildman–Crippen MR) is 70.3 cm³/mol. The minimum atomic E-state index is -0.443. The number of rotatable bonds is 3. The molecule has 0 spiro atoms. The summed E-state index contributed by atoms with van der Waals surface area (Å²) in [5.41, 5.74) is 7.81. The Bertz CT molecular complexity index is 717. The van der Waals surface area contributed by atoms with Crippen LogP contribution in [-0.4, -0.2) is 27.3 Å². The minimum absolute atomic E-state index is 0.0623. The van der Waals surface area contributed by atoms with Gasteiger partial charge in [0.1, 0.15) is 0 Å². The zero-order valence-corrected chi connectivity index (χ0v) is 11.0. The highest BCUT2D eigenvalue weighted by Crippen LogP contribution is 2.64. The first-order valence-corrected chi connectivity index (χ1v) is 6.51. The number of hydrogen-bond donors (Lipinski definition) is 2. The average molecular weight is 277 g/mol. The zero-order chi connectivity index (χ0) is 14.5. The molecule has 20 heavy (non-hydrogen) atoms. The highest BCUT2D eigenvalue weighted by atomic mass is 16.3. The minimum Gasteiger partial charge on any atom is -0.396 e. The summed E-state index contributed by atoms with van der Waals surface area (Å²) in [5, 5.41) is 13.2. The molecule has 0 radical (unpaired) electrons. The number of H-pyrrole nitrogens is 1. The maximum atomic E-state index is 12.0. The average Bonchev–Trinajstić information content (AvgIpc) is 3.02. The van der Waals surface area contributed by atoms with Gasteiger partial charge in [-0.1, -0.05) is 5.11 Å². The Morgan fingerprint density at radius 1 is 1.60 bits per heavy atom. The summed E-state index contributed by atoms with van der Waals surface area (Å²) in [7, 11) is 0. The van der Waals surface area contributed by atoms with Gasteiger partial charge in [-0.15, -0.1) is 0 Å². The van der Waals surface area contributed by atoms with Crippen molar-refractivity contribution < 1.29 is 5.11 Å². The van der Waals surface area contributed by atoms with Crippen molar-refractivity contribution in [2.45, 2.75) is 31.3 Å². The van der Waals surface area contributed by atoms with Gasteiger partial charge in [-0.2, -0.15) is 0 Å². The molecule has 4 atom stereocenters. The van der Waals surface area contributed by atoms with E-state index in [0.717, 1.165) is 6.42 Å². The second-order valence-corrected chi connectivity index (χ2v) is 5.68. The van der Waals surface area contributed by atoms with Crippen molar-refractivity contribution in [2.75, 3.05) is 6.61 Å². The van der Waals surface area contributed by atoms with E-state index < -0.39 is 11.2 Å². The highest BCUT2D eigenvalue weighted by Gasteiger charge is 2.66. The first kappa shape index (κ1) is 13.0. The number of aromatic nitrogens is 2. The van der Waals surface area contributed by atoms with E-state index in [9.17, 15) is 14.7 Å². The summed E-state index contributed by atoms with van der Waals surface area (Å²) in [6.07, 6.45) is 2.85. The van der Waals surface area contributed by atoms with Gasteiger partial charge in [-0.3, -0.25) is 14.3 Å². The lowest BCUT2D eigenvalue weighted by Gasteiger charge is -2.17. The van der Waals surface area contributed by atoms with Gasteiger partial charge in [0, 0.05) is 29.3 Å². The molecule has 3 rings (SSSR count). The second kappa shape index (κ2) is 4.22. The molecule has 106 valence electrons. The molecular weight excluding hydrogens is 262 g/mol. The van der Waals surface area contributed by atoms with Crippen LogP contribution < -0.4 is 11.2 Å². The quantitative estimate of drug-likeness (QED) is 0.467. The molecule has 0 saturated heterocycles. The monoisotopic (exact) mass is 277 g/mol. The number of nitrogens with one attached hydrogen (secondary N) is 1. The molecule has 2 saturated carbocycles. The van der Waals surface area contributed by atoms with Crippen LogP contribution in [0.3, 0.4) is 0 Å². The first-order chi connectivity index (χ1) is 9.53.